The molecule has 1 aromatic heterocycles. The largest absolute Gasteiger partial charge is 0.493 e. The van der Waals surface area contributed by atoms with E-state index in [1.165, 1.54) is 17.4 Å². The van der Waals surface area contributed by atoms with Crippen molar-refractivity contribution in [1.82, 2.24) is 10.3 Å². The lowest BCUT2D eigenvalue weighted by Gasteiger charge is -2.15. The zero-order valence-electron chi connectivity index (χ0n) is 16.0. The fourth-order valence-electron chi connectivity index (χ4n) is 2.79. The van der Waals surface area contributed by atoms with E-state index in [-0.39, 0.29) is 18.3 Å². The number of para-hydroxylation sites is 1. The Morgan fingerprint density at radius 2 is 2.00 bits per heavy atom. The molecule has 0 bridgehead atoms. The van der Waals surface area contributed by atoms with Crippen LogP contribution in [0.4, 0.5) is 9.52 Å². The van der Waals surface area contributed by atoms with Gasteiger partial charge in [0.05, 0.1) is 25.5 Å². The van der Waals surface area contributed by atoms with Gasteiger partial charge in [-0.15, -0.1) is 0 Å². The molecule has 3 aromatic rings. The molecule has 1 amide bonds. The van der Waals surface area contributed by atoms with Crippen LogP contribution >= 0.6 is 11.3 Å². The standard InChI is InChI=1S/C20H22FN3O3S/c1-24(20-23-19-14(21)5-4-6-17(19)28-20)12-18(25)22-10-9-13-7-8-15(26-2)16(11-13)27-3/h4-8,11H,9-10,12H2,1-3H3,(H,22,25). The molecular formula is C20H22FN3O3S. The normalized spacial score (nSPS) is 10.7. The molecule has 0 aliphatic heterocycles. The maximum Gasteiger partial charge on any atom is 0.239 e. The van der Waals surface area contributed by atoms with Crippen molar-refractivity contribution in [3.63, 3.8) is 0 Å². The summed E-state index contributed by atoms with van der Waals surface area (Å²) in [5.74, 6) is 0.855. The van der Waals surface area contributed by atoms with Gasteiger partial charge in [0, 0.05) is 13.6 Å². The van der Waals surface area contributed by atoms with Gasteiger partial charge in [-0.2, -0.15) is 0 Å². The van der Waals surface area contributed by atoms with Crippen LogP contribution in [0.2, 0.25) is 0 Å². The Balaban J connectivity index is 1.53. The number of hydrogen-bond donors (Lipinski definition) is 1. The number of methoxy groups -OCH3 is 2. The summed E-state index contributed by atoms with van der Waals surface area (Å²) in [6, 6.07) is 10.5. The molecule has 148 valence electrons. The number of thiazole rings is 1. The van der Waals surface area contributed by atoms with Crippen molar-refractivity contribution in [2.75, 3.05) is 39.3 Å². The van der Waals surface area contributed by atoms with Crippen molar-refractivity contribution in [2.45, 2.75) is 6.42 Å². The van der Waals surface area contributed by atoms with Crippen LogP contribution in [0.25, 0.3) is 10.2 Å². The number of rotatable bonds is 8. The zero-order chi connectivity index (χ0) is 20.1. The van der Waals surface area contributed by atoms with Crippen molar-refractivity contribution in [2.24, 2.45) is 0 Å². The monoisotopic (exact) mass is 403 g/mol. The Labute approximate surface area is 166 Å². The molecule has 3 rings (SSSR count). The highest BCUT2D eigenvalue weighted by Crippen LogP contribution is 2.29. The minimum absolute atomic E-state index is 0.122. The molecule has 0 unspecified atom stereocenters. The number of likely N-dealkylation sites (N-methyl/N-ethyl adjacent to an activating group) is 1. The van der Waals surface area contributed by atoms with Crippen LogP contribution in [0.15, 0.2) is 36.4 Å². The summed E-state index contributed by atoms with van der Waals surface area (Å²) < 4.78 is 25.1. The molecule has 0 saturated carbocycles. The van der Waals surface area contributed by atoms with E-state index in [4.69, 9.17) is 9.47 Å². The van der Waals surface area contributed by atoms with Crippen LogP contribution in [0, 0.1) is 5.82 Å². The average molecular weight is 403 g/mol. The first kappa shape index (κ1) is 19.9. The third-order valence-electron chi connectivity index (χ3n) is 4.25. The highest BCUT2D eigenvalue weighted by molar-refractivity contribution is 7.22. The molecule has 2 aromatic carbocycles. The molecule has 0 radical (unpaired) electrons. The molecule has 0 aliphatic rings. The molecular weight excluding hydrogens is 381 g/mol. The maximum atomic E-state index is 13.8. The number of nitrogens with one attached hydrogen (secondary N) is 1. The number of carbonyl (C=O) groups excluding carboxylic acids is 1. The van der Waals surface area contributed by atoms with E-state index >= 15 is 0 Å². The van der Waals surface area contributed by atoms with Crippen LogP contribution in [-0.4, -0.2) is 45.2 Å². The lowest BCUT2D eigenvalue weighted by molar-refractivity contribution is -0.119. The Hall–Kier alpha value is -2.87. The number of aromatic nitrogens is 1. The SMILES string of the molecule is COc1ccc(CCNC(=O)CN(C)c2nc3c(F)cccc3s2)cc1OC. The number of ether oxygens (including phenoxy) is 2. The summed E-state index contributed by atoms with van der Waals surface area (Å²) in [6.45, 7) is 0.643. The van der Waals surface area contributed by atoms with Gasteiger partial charge in [-0.25, -0.2) is 9.37 Å². The maximum absolute atomic E-state index is 13.8. The molecule has 1 heterocycles. The van der Waals surface area contributed by atoms with E-state index in [9.17, 15) is 9.18 Å². The number of halogens is 1. The van der Waals surface area contributed by atoms with Crippen molar-refractivity contribution in [3.8, 4) is 11.5 Å². The molecule has 0 atom stereocenters. The molecule has 28 heavy (non-hydrogen) atoms. The van der Waals surface area contributed by atoms with Gasteiger partial charge >= 0.3 is 0 Å². The third-order valence-corrected chi connectivity index (χ3v) is 5.38. The topological polar surface area (TPSA) is 63.7 Å². The third kappa shape index (κ3) is 4.51. The van der Waals surface area contributed by atoms with Gasteiger partial charge in [0.2, 0.25) is 5.91 Å². The van der Waals surface area contributed by atoms with Gasteiger partial charge in [0.15, 0.2) is 16.6 Å². The van der Waals surface area contributed by atoms with E-state index < -0.39 is 0 Å². The molecule has 0 aliphatic carbocycles. The smallest absolute Gasteiger partial charge is 0.239 e. The van der Waals surface area contributed by atoms with Gasteiger partial charge in [-0.1, -0.05) is 23.5 Å². The lowest BCUT2D eigenvalue weighted by Crippen LogP contribution is -2.36. The van der Waals surface area contributed by atoms with Crippen LogP contribution in [0.3, 0.4) is 0 Å². The van der Waals surface area contributed by atoms with Gasteiger partial charge < -0.3 is 19.7 Å². The first-order valence-electron chi connectivity index (χ1n) is 8.75. The van der Waals surface area contributed by atoms with Crippen LogP contribution in [0.1, 0.15) is 5.56 Å². The highest BCUT2D eigenvalue weighted by atomic mass is 32.1. The second-order valence-corrected chi connectivity index (χ2v) is 7.24. The summed E-state index contributed by atoms with van der Waals surface area (Å²) >= 11 is 1.36. The number of amides is 1. The second-order valence-electron chi connectivity index (χ2n) is 6.23. The highest BCUT2D eigenvalue weighted by Gasteiger charge is 2.14. The summed E-state index contributed by atoms with van der Waals surface area (Å²) in [6.07, 6.45) is 0.669. The zero-order valence-corrected chi connectivity index (χ0v) is 16.8. The summed E-state index contributed by atoms with van der Waals surface area (Å²) in [5.41, 5.74) is 1.37. The molecule has 8 heteroatoms. The fraction of sp³-hybridized carbons (Fsp3) is 0.300. The Bertz CT molecular complexity index is 976. The summed E-state index contributed by atoms with van der Waals surface area (Å²) in [7, 11) is 4.95. The van der Waals surface area contributed by atoms with E-state index in [0.29, 0.717) is 35.1 Å². The van der Waals surface area contributed by atoms with E-state index in [1.807, 2.05) is 24.3 Å². The van der Waals surface area contributed by atoms with E-state index in [0.717, 1.165) is 10.3 Å². The number of anilines is 1. The first-order valence-corrected chi connectivity index (χ1v) is 9.57. The number of benzene rings is 2. The lowest BCUT2D eigenvalue weighted by atomic mass is 10.1. The van der Waals surface area contributed by atoms with Crippen molar-refractivity contribution < 1.29 is 18.7 Å². The number of fused-ring (bicyclic) bond motifs is 1. The van der Waals surface area contributed by atoms with Gasteiger partial charge in [0.1, 0.15) is 11.3 Å². The van der Waals surface area contributed by atoms with Crippen LogP contribution in [-0.2, 0) is 11.2 Å². The number of nitrogens with zero attached hydrogens (tertiary/aromatic N) is 2. The number of carbonyl (C=O) groups is 1. The molecule has 0 fully saturated rings. The fourth-order valence-corrected chi connectivity index (χ4v) is 3.73. The Morgan fingerprint density at radius 1 is 1.21 bits per heavy atom. The van der Waals surface area contributed by atoms with Gasteiger partial charge in [0.25, 0.3) is 0 Å². The van der Waals surface area contributed by atoms with Gasteiger partial charge in [-0.05, 0) is 36.2 Å². The Kier molecular flexibility index (Phi) is 6.30. The molecule has 1 N–H and O–H groups in total. The van der Waals surface area contributed by atoms with E-state index in [2.05, 4.69) is 10.3 Å². The Morgan fingerprint density at radius 3 is 2.71 bits per heavy atom. The summed E-state index contributed by atoms with van der Waals surface area (Å²) in [4.78, 5) is 18.2. The van der Waals surface area contributed by atoms with Crippen LogP contribution in [0.5, 0.6) is 11.5 Å². The number of hydrogen-bond acceptors (Lipinski definition) is 6. The molecule has 0 saturated heterocycles. The molecule has 0 spiro atoms. The first-order chi connectivity index (χ1) is 13.5. The van der Waals surface area contributed by atoms with Crippen molar-refractivity contribution in [1.29, 1.82) is 0 Å². The van der Waals surface area contributed by atoms with Gasteiger partial charge in [-0.3, -0.25) is 4.79 Å². The summed E-state index contributed by atoms with van der Waals surface area (Å²) in [5, 5.41) is 3.50. The van der Waals surface area contributed by atoms with Crippen molar-refractivity contribution >= 4 is 32.6 Å². The van der Waals surface area contributed by atoms with Crippen LogP contribution < -0.4 is 19.7 Å². The van der Waals surface area contributed by atoms with Crippen molar-refractivity contribution in [3.05, 3.63) is 47.8 Å². The average Bonchev–Trinajstić information content (AvgIpc) is 3.14. The predicted molar refractivity (Wildman–Crippen MR) is 109 cm³/mol. The second kappa shape index (κ2) is 8.88. The predicted octanol–water partition coefficient (Wildman–Crippen LogP) is 3.25. The minimum Gasteiger partial charge on any atom is -0.493 e. The van der Waals surface area contributed by atoms with E-state index in [1.54, 1.807) is 32.2 Å². The quantitative estimate of drug-likeness (QED) is 0.626. The molecule has 6 nitrogen and oxygen atoms in total. The minimum atomic E-state index is -0.354.